The molecule has 0 unspecified atom stereocenters. The minimum absolute atomic E-state index is 0.215. The Morgan fingerprint density at radius 1 is 0.605 bits per heavy atom. The molecule has 1 fully saturated rings. The highest BCUT2D eigenvalue weighted by atomic mass is 32.2. The standard InChI is InChI=1S/C24H22N10O2S2/c1-15-19(35)33(23(37-3)27-25-15)29-21-31(17-11-7-5-8-12-17)22(32(21)18-13-9-6-10-14-18)30-34-20(36)16(2)26-28-24(34)38-4/h5-14H,1-4H3. The highest BCUT2D eigenvalue weighted by molar-refractivity contribution is 7.98. The van der Waals surface area contributed by atoms with Crippen LogP contribution in [0.5, 0.6) is 0 Å². The van der Waals surface area contributed by atoms with Gasteiger partial charge in [0.15, 0.2) is 0 Å². The largest absolute Gasteiger partial charge is 0.296 e. The van der Waals surface area contributed by atoms with Gasteiger partial charge in [-0.3, -0.25) is 9.59 Å². The molecule has 14 heteroatoms. The minimum atomic E-state index is -0.391. The molecule has 0 aliphatic carbocycles. The van der Waals surface area contributed by atoms with Crippen molar-refractivity contribution in [3.8, 4) is 0 Å². The van der Waals surface area contributed by atoms with Crippen molar-refractivity contribution < 1.29 is 0 Å². The topological polar surface area (TPSA) is 127 Å². The molecular weight excluding hydrogens is 524 g/mol. The number of guanidine groups is 2. The van der Waals surface area contributed by atoms with E-state index < -0.39 is 11.1 Å². The number of nitrogens with zero attached hydrogens (tertiary/aromatic N) is 10. The zero-order chi connectivity index (χ0) is 26.8. The van der Waals surface area contributed by atoms with E-state index in [0.717, 1.165) is 11.4 Å². The van der Waals surface area contributed by atoms with E-state index in [1.165, 1.54) is 32.9 Å². The van der Waals surface area contributed by atoms with Crippen molar-refractivity contribution in [2.45, 2.75) is 24.2 Å². The summed E-state index contributed by atoms with van der Waals surface area (Å²) in [5.74, 6) is 0.756. The van der Waals surface area contributed by atoms with Gasteiger partial charge in [-0.1, -0.05) is 59.9 Å². The van der Waals surface area contributed by atoms with Gasteiger partial charge in [-0.2, -0.15) is 9.35 Å². The average Bonchev–Trinajstić information content (AvgIpc) is 2.94. The van der Waals surface area contributed by atoms with E-state index in [4.69, 9.17) is 10.2 Å². The third-order valence-corrected chi connectivity index (χ3v) is 6.75. The van der Waals surface area contributed by atoms with Crippen LogP contribution in [0.4, 0.5) is 11.4 Å². The molecule has 3 heterocycles. The lowest BCUT2D eigenvalue weighted by atomic mass is 10.2. The van der Waals surface area contributed by atoms with Crippen molar-refractivity contribution in [1.82, 2.24) is 29.7 Å². The molecule has 4 aromatic rings. The molecule has 1 saturated heterocycles. The second-order valence-corrected chi connectivity index (χ2v) is 9.47. The maximum absolute atomic E-state index is 13.1. The first-order valence-electron chi connectivity index (χ1n) is 11.3. The number of rotatable bonds is 6. The van der Waals surface area contributed by atoms with Gasteiger partial charge in [0.2, 0.25) is 22.2 Å². The Kier molecular flexibility index (Phi) is 7.07. The van der Waals surface area contributed by atoms with Crippen LogP contribution >= 0.6 is 23.5 Å². The van der Waals surface area contributed by atoms with E-state index in [0.29, 0.717) is 22.2 Å². The van der Waals surface area contributed by atoms with Crippen molar-refractivity contribution in [2.75, 3.05) is 22.3 Å². The zero-order valence-electron chi connectivity index (χ0n) is 20.9. The molecule has 0 spiro atoms. The summed E-state index contributed by atoms with van der Waals surface area (Å²) in [6.45, 7) is 3.17. The van der Waals surface area contributed by atoms with E-state index in [1.807, 2.05) is 60.7 Å². The van der Waals surface area contributed by atoms with Crippen LogP contribution in [0.2, 0.25) is 0 Å². The molecule has 0 N–H and O–H groups in total. The lowest BCUT2D eigenvalue weighted by Crippen LogP contribution is -2.67. The fraction of sp³-hybridized carbons (Fsp3) is 0.167. The summed E-state index contributed by atoms with van der Waals surface area (Å²) in [4.78, 5) is 29.6. The molecule has 0 atom stereocenters. The number of aromatic nitrogens is 6. The van der Waals surface area contributed by atoms with Crippen molar-refractivity contribution in [3.63, 3.8) is 0 Å². The van der Waals surface area contributed by atoms with Crippen LogP contribution < -0.4 is 20.9 Å². The number of para-hydroxylation sites is 2. The Hall–Kier alpha value is -4.30. The van der Waals surface area contributed by atoms with Crippen LogP contribution in [0.25, 0.3) is 0 Å². The van der Waals surface area contributed by atoms with Gasteiger partial charge < -0.3 is 0 Å². The number of hydrogen-bond acceptors (Lipinski definition) is 10. The normalized spacial score (nSPS) is 12.9. The SMILES string of the molecule is CSc1nnc(C)c(=O)n1N=C1N(c2ccccc2)C(=Nn2c(SC)nnc(C)c2=O)N1c1ccccc1. The minimum Gasteiger partial charge on any atom is -0.265 e. The highest BCUT2D eigenvalue weighted by Gasteiger charge is 2.43. The van der Waals surface area contributed by atoms with E-state index in [-0.39, 0.29) is 11.4 Å². The second-order valence-electron chi connectivity index (χ2n) is 7.92. The van der Waals surface area contributed by atoms with E-state index in [1.54, 1.807) is 36.2 Å². The van der Waals surface area contributed by atoms with Gasteiger partial charge in [0.25, 0.3) is 11.1 Å². The van der Waals surface area contributed by atoms with Crippen LogP contribution in [0.15, 0.2) is 90.8 Å². The quantitative estimate of drug-likeness (QED) is 0.333. The fourth-order valence-corrected chi connectivity index (χ4v) is 4.46. The third kappa shape index (κ3) is 4.48. The first kappa shape index (κ1) is 25.4. The van der Waals surface area contributed by atoms with Gasteiger partial charge in [0, 0.05) is 0 Å². The van der Waals surface area contributed by atoms with Crippen molar-refractivity contribution >= 4 is 46.8 Å². The van der Waals surface area contributed by atoms with Crippen molar-refractivity contribution in [1.29, 1.82) is 0 Å². The number of anilines is 2. The molecule has 0 bridgehead atoms. The smallest absolute Gasteiger partial charge is 0.265 e. The molecule has 2 aromatic heterocycles. The maximum Gasteiger partial charge on any atom is 0.296 e. The first-order chi connectivity index (χ1) is 18.4. The molecule has 1 aliphatic rings. The first-order valence-corrected chi connectivity index (χ1v) is 13.8. The molecule has 0 amide bonds. The summed E-state index contributed by atoms with van der Waals surface area (Å²) in [5, 5.41) is 26.3. The van der Waals surface area contributed by atoms with E-state index in [2.05, 4.69) is 20.4 Å². The average molecular weight is 547 g/mol. The number of thioether (sulfide) groups is 2. The van der Waals surface area contributed by atoms with Gasteiger partial charge >= 0.3 is 0 Å². The predicted octanol–water partition coefficient (Wildman–Crippen LogP) is 2.62. The van der Waals surface area contributed by atoms with Crippen LogP contribution in [0, 0.1) is 13.8 Å². The molecule has 0 saturated carbocycles. The summed E-state index contributed by atoms with van der Waals surface area (Å²) in [7, 11) is 0. The number of hydrogen-bond donors (Lipinski definition) is 0. The highest BCUT2D eigenvalue weighted by Crippen LogP contribution is 2.31. The van der Waals surface area contributed by atoms with Crippen molar-refractivity contribution in [2.24, 2.45) is 10.2 Å². The molecule has 1 aliphatic heterocycles. The van der Waals surface area contributed by atoms with E-state index >= 15 is 0 Å². The molecule has 12 nitrogen and oxygen atoms in total. The second kappa shape index (κ2) is 10.6. The van der Waals surface area contributed by atoms with Crippen LogP contribution in [-0.2, 0) is 0 Å². The van der Waals surface area contributed by atoms with Gasteiger partial charge in [-0.25, -0.2) is 9.80 Å². The summed E-state index contributed by atoms with van der Waals surface area (Å²) < 4.78 is 2.45. The molecule has 0 radical (unpaired) electrons. The molecule has 2 aromatic carbocycles. The molecule has 192 valence electrons. The Labute approximate surface area is 225 Å². The maximum atomic E-state index is 13.1. The molecule has 38 heavy (non-hydrogen) atoms. The van der Waals surface area contributed by atoms with Crippen LogP contribution in [0.3, 0.4) is 0 Å². The summed E-state index contributed by atoms with van der Waals surface area (Å²) >= 11 is 2.50. The summed E-state index contributed by atoms with van der Waals surface area (Å²) in [6.07, 6.45) is 3.59. The Balaban J connectivity index is 1.80. The lowest BCUT2D eigenvalue weighted by Gasteiger charge is -2.45. The lowest BCUT2D eigenvalue weighted by molar-refractivity contribution is 0.622. The van der Waals surface area contributed by atoms with Gasteiger partial charge in [-0.15, -0.1) is 30.6 Å². The number of aryl methyl sites for hydroxylation is 2. The summed E-state index contributed by atoms with van der Waals surface area (Å²) in [6, 6.07) is 18.8. The predicted molar refractivity (Wildman–Crippen MR) is 149 cm³/mol. The van der Waals surface area contributed by atoms with Gasteiger partial charge in [0.1, 0.15) is 11.4 Å². The monoisotopic (exact) mass is 546 g/mol. The van der Waals surface area contributed by atoms with E-state index in [9.17, 15) is 9.59 Å². The third-order valence-electron chi connectivity index (χ3n) is 5.51. The number of benzene rings is 2. The molecular formula is C24H22N10O2S2. The van der Waals surface area contributed by atoms with Crippen LogP contribution in [0.1, 0.15) is 11.4 Å². The van der Waals surface area contributed by atoms with Crippen molar-refractivity contribution in [3.05, 3.63) is 92.8 Å². The van der Waals surface area contributed by atoms with Crippen LogP contribution in [-0.4, -0.2) is 54.2 Å². The summed E-state index contributed by atoms with van der Waals surface area (Å²) in [5.41, 5.74) is 1.11. The fourth-order valence-electron chi connectivity index (χ4n) is 3.62. The van der Waals surface area contributed by atoms with Gasteiger partial charge in [-0.05, 0) is 50.6 Å². The Morgan fingerprint density at radius 3 is 1.32 bits per heavy atom. The zero-order valence-corrected chi connectivity index (χ0v) is 22.5. The Morgan fingerprint density at radius 2 is 0.974 bits per heavy atom. The Bertz CT molecular complexity index is 1530. The molecule has 5 rings (SSSR count). The van der Waals surface area contributed by atoms with Gasteiger partial charge in [0.05, 0.1) is 11.4 Å².